The van der Waals surface area contributed by atoms with Crippen molar-refractivity contribution < 1.29 is 9.47 Å². The number of thiazole rings is 1. The van der Waals surface area contributed by atoms with Crippen LogP contribution in [0.4, 0.5) is 0 Å². The Bertz CT molecular complexity index is 732. The van der Waals surface area contributed by atoms with Crippen LogP contribution in [-0.4, -0.2) is 43.7 Å². The summed E-state index contributed by atoms with van der Waals surface area (Å²) < 4.78 is 10.9. The van der Waals surface area contributed by atoms with Crippen molar-refractivity contribution in [3.63, 3.8) is 0 Å². The molecule has 2 rings (SSSR count). The van der Waals surface area contributed by atoms with E-state index >= 15 is 0 Å². The number of ether oxygens (including phenoxy) is 2. The normalized spacial score (nSPS) is 12.9. The van der Waals surface area contributed by atoms with Gasteiger partial charge in [-0.1, -0.05) is 24.3 Å². The van der Waals surface area contributed by atoms with E-state index in [-0.39, 0.29) is 6.10 Å². The summed E-state index contributed by atoms with van der Waals surface area (Å²) >= 11 is 1.63. The fourth-order valence-corrected chi connectivity index (χ4v) is 3.48. The van der Waals surface area contributed by atoms with E-state index < -0.39 is 0 Å². The smallest absolute Gasteiger partial charge is 0.194 e. The van der Waals surface area contributed by atoms with Crippen LogP contribution in [0.15, 0.2) is 34.6 Å². The zero-order valence-corrected chi connectivity index (χ0v) is 17.7. The maximum absolute atomic E-state index is 5.56. The Balaban J connectivity index is 1.96. The molecule has 0 fully saturated rings. The first-order valence-corrected chi connectivity index (χ1v) is 10.00. The largest absolute Gasteiger partial charge is 0.377 e. The van der Waals surface area contributed by atoms with Crippen molar-refractivity contribution >= 4 is 17.3 Å². The second-order valence-electron chi connectivity index (χ2n) is 6.22. The highest BCUT2D eigenvalue weighted by molar-refractivity contribution is 7.09. The summed E-state index contributed by atoms with van der Waals surface area (Å²) in [4.78, 5) is 11.1. The van der Waals surface area contributed by atoms with E-state index in [4.69, 9.17) is 9.47 Å². The molecule has 1 atom stereocenters. The third-order valence-electron chi connectivity index (χ3n) is 4.26. The predicted octanol–water partition coefficient (Wildman–Crippen LogP) is 3.59. The lowest BCUT2D eigenvalue weighted by atomic mass is 10.1. The van der Waals surface area contributed by atoms with Gasteiger partial charge in [0, 0.05) is 39.7 Å². The van der Waals surface area contributed by atoms with Crippen LogP contribution >= 0.6 is 11.3 Å². The van der Waals surface area contributed by atoms with E-state index in [0.717, 1.165) is 16.7 Å². The Labute approximate surface area is 166 Å². The van der Waals surface area contributed by atoms with Gasteiger partial charge < -0.3 is 19.7 Å². The zero-order valence-electron chi connectivity index (χ0n) is 16.9. The third kappa shape index (κ3) is 6.30. The zero-order chi connectivity index (χ0) is 19.6. The summed E-state index contributed by atoms with van der Waals surface area (Å²) in [5.74, 6) is 0.829. The number of nitrogens with zero attached hydrogens (tertiary/aromatic N) is 3. The number of benzene rings is 1. The molecule has 0 aliphatic heterocycles. The molecule has 7 heteroatoms. The summed E-state index contributed by atoms with van der Waals surface area (Å²) in [6, 6.07) is 8.31. The lowest BCUT2D eigenvalue weighted by molar-refractivity contribution is 0.119. The van der Waals surface area contributed by atoms with Crippen LogP contribution in [0.3, 0.4) is 0 Å². The topological polar surface area (TPSA) is 59.0 Å². The first-order chi connectivity index (χ1) is 13.1. The van der Waals surface area contributed by atoms with Gasteiger partial charge in [-0.05, 0) is 25.0 Å². The van der Waals surface area contributed by atoms with E-state index in [1.807, 2.05) is 33.0 Å². The van der Waals surface area contributed by atoms with Crippen molar-refractivity contribution in [2.24, 2.45) is 4.99 Å². The Kier molecular flexibility index (Phi) is 8.71. The average Bonchev–Trinajstić information content (AvgIpc) is 3.15. The molecular formula is C20H30N4O2S. The molecule has 0 amide bonds. The van der Waals surface area contributed by atoms with Crippen molar-refractivity contribution in [3.05, 3.63) is 51.5 Å². The number of methoxy groups -OCH3 is 1. The third-order valence-corrected chi connectivity index (χ3v) is 5.32. The fourth-order valence-electron chi connectivity index (χ4n) is 2.64. The van der Waals surface area contributed by atoms with Gasteiger partial charge in [-0.2, -0.15) is 0 Å². The van der Waals surface area contributed by atoms with Crippen LogP contribution in [0.25, 0.3) is 0 Å². The van der Waals surface area contributed by atoms with E-state index in [2.05, 4.69) is 37.7 Å². The van der Waals surface area contributed by atoms with Crippen molar-refractivity contribution in [2.45, 2.75) is 39.6 Å². The molecular weight excluding hydrogens is 360 g/mol. The quantitative estimate of drug-likeness (QED) is 0.524. The lowest BCUT2D eigenvalue weighted by Crippen LogP contribution is -2.38. The molecule has 0 saturated heterocycles. The van der Waals surface area contributed by atoms with Gasteiger partial charge in [0.1, 0.15) is 11.1 Å². The van der Waals surface area contributed by atoms with Crippen LogP contribution < -0.4 is 5.32 Å². The number of hydrogen-bond donors (Lipinski definition) is 1. The van der Waals surface area contributed by atoms with Gasteiger partial charge in [-0.15, -0.1) is 11.3 Å². The van der Waals surface area contributed by atoms with Crippen LogP contribution in [0, 0.1) is 0 Å². The van der Waals surface area contributed by atoms with E-state index in [1.165, 1.54) is 11.1 Å². The van der Waals surface area contributed by atoms with E-state index in [0.29, 0.717) is 26.3 Å². The summed E-state index contributed by atoms with van der Waals surface area (Å²) in [6.45, 7) is 6.74. The van der Waals surface area contributed by atoms with Gasteiger partial charge in [0.05, 0.1) is 18.8 Å². The number of rotatable bonds is 9. The van der Waals surface area contributed by atoms with E-state index in [1.54, 1.807) is 25.5 Å². The second kappa shape index (κ2) is 11.0. The molecule has 1 unspecified atom stereocenters. The molecule has 0 saturated carbocycles. The minimum Gasteiger partial charge on any atom is -0.377 e. The lowest BCUT2D eigenvalue weighted by Gasteiger charge is -2.22. The minimum atomic E-state index is 0.0216. The molecule has 1 aromatic carbocycles. The van der Waals surface area contributed by atoms with Crippen molar-refractivity contribution in [1.29, 1.82) is 0 Å². The van der Waals surface area contributed by atoms with Gasteiger partial charge >= 0.3 is 0 Å². The fraction of sp³-hybridized carbons (Fsp3) is 0.500. The van der Waals surface area contributed by atoms with Gasteiger partial charge in [0.25, 0.3) is 0 Å². The monoisotopic (exact) mass is 390 g/mol. The summed E-state index contributed by atoms with van der Waals surface area (Å²) in [7, 11) is 5.51. The SMILES string of the molecule is CCOCc1ccccc1CNC(=NC)N(C)Cc1csc(C(C)OC)n1. The Morgan fingerprint density at radius 1 is 1.33 bits per heavy atom. The molecule has 0 spiro atoms. The highest BCUT2D eigenvalue weighted by Gasteiger charge is 2.13. The molecule has 27 heavy (non-hydrogen) atoms. The Morgan fingerprint density at radius 3 is 2.74 bits per heavy atom. The Morgan fingerprint density at radius 2 is 2.07 bits per heavy atom. The molecule has 148 valence electrons. The molecule has 6 nitrogen and oxygen atoms in total. The number of nitrogens with one attached hydrogen (secondary N) is 1. The Hall–Kier alpha value is -1.96. The number of hydrogen-bond acceptors (Lipinski definition) is 5. The number of aliphatic imine (C=N–C) groups is 1. The minimum absolute atomic E-state index is 0.0216. The molecule has 1 aromatic heterocycles. The summed E-state index contributed by atoms with van der Waals surface area (Å²) in [6.07, 6.45) is 0.0216. The highest BCUT2D eigenvalue weighted by atomic mass is 32.1. The molecule has 0 aliphatic rings. The van der Waals surface area contributed by atoms with Crippen LogP contribution in [0.2, 0.25) is 0 Å². The summed E-state index contributed by atoms with van der Waals surface area (Å²) in [5.41, 5.74) is 3.43. The van der Waals surface area contributed by atoms with Gasteiger partial charge in [-0.25, -0.2) is 4.98 Å². The molecule has 2 aromatic rings. The maximum Gasteiger partial charge on any atom is 0.194 e. The maximum atomic E-state index is 5.56. The number of aromatic nitrogens is 1. The first-order valence-electron chi connectivity index (χ1n) is 9.12. The highest BCUT2D eigenvalue weighted by Crippen LogP contribution is 2.21. The predicted molar refractivity (Wildman–Crippen MR) is 111 cm³/mol. The number of guanidine groups is 1. The van der Waals surface area contributed by atoms with Gasteiger partial charge in [0.15, 0.2) is 5.96 Å². The average molecular weight is 391 g/mol. The molecule has 0 bridgehead atoms. The second-order valence-corrected chi connectivity index (χ2v) is 7.11. The summed E-state index contributed by atoms with van der Waals surface area (Å²) in [5, 5.41) is 6.50. The van der Waals surface area contributed by atoms with E-state index in [9.17, 15) is 0 Å². The van der Waals surface area contributed by atoms with Crippen molar-refractivity contribution in [2.75, 3.05) is 27.8 Å². The molecule has 1 heterocycles. The van der Waals surface area contributed by atoms with Crippen LogP contribution in [0.5, 0.6) is 0 Å². The van der Waals surface area contributed by atoms with Gasteiger partial charge in [-0.3, -0.25) is 4.99 Å². The standard InChI is InChI=1S/C20H30N4O2S/c1-6-26-13-17-10-8-7-9-16(17)11-22-20(21-3)24(4)12-18-14-27-19(23-18)15(2)25-5/h7-10,14-15H,6,11-13H2,1-5H3,(H,21,22). The van der Waals surface area contributed by atoms with Crippen LogP contribution in [0.1, 0.15) is 41.8 Å². The molecule has 1 N–H and O–H groups in total. The van der Waals surface area contributed by atoms with Gasteiger partial charge in [0.2, 0.25) is 0 Å². The molecule has 0 aliphatic carbocycles. The van der Waals surface area contributed by atoms with Crippen molar-refractivity contribution in [3.8, 4) is 0 Å². The van der Waals surface area contributed by atoms with Crippen LogP contribution in [-0.2, 0) is 29.2 Å². The molecule has 0 radical (unpaired) electrons. The van der Waals surface area contributed by atoms with Crippen molar-refractivity contribution in [1.82, 2.24) is 15.2 Å². The first kappa shape index (κ1) is 21.3.